The van der Waals surface area contributed by atoms with Gasteiger partial charge in [0.25, 0.3) is 5.91 Å². The van der Waals surface area contributed by atoms with Crippen LogP contribution in [-0.2, 0) is 4.79 Å². The van der Waals surface area contributed by atoms with Crippen molar-refractivity contribution >= 4 is 55.7 Å². The predicted molar refractivity (Wildman–Crippen MR) is 138 cm³/mol. The van der Waals surface area contributed by atoms with Gasteiger partial charge in [0.1, 0.15) is 24.0 Å². The summed E-state index contributed by atoms with van der Waals surface area (Å²) in [6.45, 7) is 4.72. The molecule has 2 aromatic carbocycles. The summed E-state index contributed by atoms with van der Waals surface area (Å²) in [4.78, 5) is 16.7. The van der Waals surface area contributed by atoms with Gasteiger partial charge >= 0.3 is 0 Å². The number of hydrogen-bond donors (Lipinski definition) is 1. The van der Waals surface area contributed by atoms with Gasteiger partial charge in [-0.1, -0.05) is 35.8 Å². The van der Waals surface area contributed by atoms with E-state index in [0.29, 0.717) is 35.4 Å². The van der Waals surface area contributed by atoms with Crippen LogP contribution in [0, 0.1) is 11.3 Å². The molecule has 2 aliphatic heterocycles. The minimum absolute atomic E-state index is 0.00235. The second-order valence-electron chi connectivity index (χ2n) is 7.67. The average Bonchev–Trinajstić information content (AvgIpc) is 3.25. The van der Waals surface area contributed by atoms with Gasteiger partial charge in [0.05, 0.1) is 12.7 Å². The molecule has 0 radical (unpaired) electrons. The molecule has 0 bridgehead atoms. The molecule has 0 unspecified atom stereocenters. The molecule has 1 amide bonds. The molecule has 1 N–H and O–H groups in total. The van der Waals surface area contributed by atoms with Crippen molar-refractivity contribution in [2.45, 2.75) is 13.8 Å². The molecule has 2 heterocycles. The van der Waals surface area contributed by atoms with E-state index in [-0.39, 0.29) is 17.3 Å². The minimum Gasteiger partial charge on any atom is -0.493 e. The average molecular weight is 543 g/mol. The lowest BCUT2D eigenvalue weighted by molar-refractivity contribution is -0.114. The second-order valence-corrected chi connectivity index (χ2v) is 9.58. The number of rotatable bonds is 8. The van der Waals surface area contributed by atoms with Gasteiger partial charge in [-0.05, 0) is 59.8 Å². The van der Waals surface area contributed by atoms with E-state index >= 15 is 0 Å². The Bertz CT molecular complexity index is 1210. The van der Waals surface area contributed by atoms with Crippen molar-refractivity contribution < 1.29 is 19.0 Å². The summed E-state index contributed by atoms with van der Waals surface area (Å²) in [7, 11) is 1.55. The first-order chi connectivity index (χ1) is 16.4. The number of amidine groups is 2. The minimum atomic E-state index is -0.465. The van der Waals surface area contributed by atoms with Crippen molar-refractivity contribution in [1.29, 1.82) is 5.41 Å². The zero-order valence-corrected chi connectivity index (χ0v) is 21.3. The molecule has 0 spiro atoms. The number of ether oxygens (including phenoxy) is 3. The third kappa shape index (κ3) is 5.34. The first-order valence-corrected chi connectivity index (χ1v) is 12.2. The van der Waals surface area contributed by atoms with Crippen LogP contribution in [0.15, 0.2) is 62.6 Å². The maximum atomic E-state index is 12.6. The van der Waals surface area contributed by atoms with Crippen molar-refractivity contribution in [2.75, 3.05) is 20.3 Å². The van der Waals surface area contributed by atoms with E-state index in [0.717, 1.165) is 15.3 Å². The highest BCUT2D eigenvalue weighted by atomic mass is 79.9. The Morgan fingerprint density at radius 1 is 1.12 bits per heavy atom. The van der Waals surface area contributed by atoms with Crippen LogP contribution < -0.4 is 14.2 Å². The van der Waals surface area contributed by atoms with Gasteiger partial charge in [-0.3, -0.25) is 10.2 Å². The summed E-state index contributed by atoms with van der Waals surface area (Å²) >= 11 is 4.72. The summed E-state index contributed by atoms with van der Waals surface area (Å²) in [5.74, 6) is 1.54. The van der Waals surface area contributed by atoms with E-state index < -0.39 is 5.91 Å². The maximum Gasteiger partial charge on any atom is 0.283 e. The molecule has 34 heavy (non-hydrogen) atoms. The first kappa shape index (κ1) is 24.0. The number of halogens is 1. The number of nitrogens with zero attached hydrogens (tertiary/aromatic N) is 3. The molecule has 2 aliphatic rings. The summed E-state index contributed by atoms with van der Waals surface area (Å²) in [6.07, 6.45) is 1.61. The molecule has 0 saturated heterocycles. The van der Waals surface area contributed by atoms with Crippen LogP contribution in [0.4, 0.5) is 0 Å². The lowest BCUT2D eigenvalue weighted by Crippen LogP contribution is -2.35. The Morgan fingerprint density at radius 3 is 2.56 bits per heavy atom. The molecule has 0 fully saturated rings. The van der Waals surface area contributed by atoms with Gasteiger partial charge < -0.3 is 14.2 Å². The number of amides is 1. The monoisotopic (exact) mass is 542 g/mol. The molecule has 176 valence electrons. The zero-order valence-electron chi connectivity index (χ0n) is 18.9. The number of benzene rings is 2. The van der Waals surface area contributed by atoms with Crippen LogP contribution in [0.2, 0.25) is 0 Å². The molecule has 0 atom stereocenters. The van der Waals surface area contributed by atoms with Crippen LogP contribution in [0.1, 0.15) is 19.4 Å². The van der Waals surface area contributed by atoms with Gasteiger partial charge in [0.15, 0.2) is 17.3 Å². The molecule has 0 aromatic heterocycles. The maximum absolute atomic E-state index is 12.6. The Hall–Kier alpha value is -3.11. The highest BCUT2D eigenvalue weighted by Crippen LogP contribution is 2.32. The number of hydrogen-bond acceptors (Lipinski definition) is 7. The fourth-order valence-corrected chi connectivity index (χ4v) is 4.30. The molecule has 8 nitrogen and oxygen atoms in total. The number of nitrogens with one attached hydrogen (secondary N) is 1. The first-order valence-electron chi connectivity index (χ1n) is 10.5. The van der Waals surface area contributed by atoms with Crippen LogP contribution in [0.25, 0.3) is 6.08 Å². The van der Waals surface area contributed by atoms with Gasteiger partial charge in [0, 0.05) is 10.4 Å². The van der Waals surface area contributed by atoms with Crippen molar-refractivity contribution in [1.82, 2.24) is 5.01 Å². The lowest BCUT2D eigenvalue weighted by atomic mass is 10.1. The smallest absolute Gasteiger partial charge is 0.283 e. The summed E-state index contributed by atoms with van der Waals surface area (Å²) in [6, 6.07) is 12.9. The molecular weight excluding hydrogens is 520 g/mol. The Morgan fingerprint density at radius 2 is 1.85 bits per heavy atom. The van der Waals surface area contributed by atoms with E-state index in [1.165, 1.54) is 16.8 Å². The van der Waals surface area contributed by atoms with E-state index in [1.54, 1.807) is 31.4 Å². The number of hydrazone groups is 1. The quantitative estimate of drug-likeness (QED) is 0.364. The van der Waals surface area contributed by atoms with Crippen molar-refractivity contribution in [3.05, 3.63) is 58.1 Å². The molecule has 2 aromatic rings. The normalized spacial score (nSPS) is 16.5. The van der Waals surface area contributed by atoms with E-state index in [2.05, 4.69) is 26.0 Å². The van der Waals surface area contributed by atoms with Crippen molar-refractivity contribution in [2.24, 2.45) is 16.0 Å². The van der Waals surface area contributed by atoms with Crippen LogP contribution in [-0.4, -0.2) is 47.3 Å². The number of aliphatic imine (C=N–C) groups is 1. The zero-order chi connectivity index (χ0) is 24.2. The topological polar surface area (TPSA) is 96.6 Å². The summed E-state index contributed by atoms with van der Waals surface area (Å²) < 4.78 is 17.9. The van der Waals surface area contributed by atoms with E-state index in [1.807, 2.05) is 38.1 Å². The van der Waals surface area contributed by atoms with Gasteiger partial charge in [-0.15, -0.1) is 0 Å². The van der Waals surface area contributed by atoms with Gasteiger partial charge in [-0.2, -0.15) is 15.1 Å². The molecule has 0 saturated carbocycles. The predicted octanol–water partition coefficient (Wildman–Crippen LogP) is 5.19. The second kappa shape index (κ2) is 10.4. The molecule has 10 heteroatoms. The Labute approximate surface area is 210 Å². The standard InChI is InChI=1S/C24H23BrN4O4S/c1-14(2)23-28-29-21(26)18(22(30)27-24(29)34-23)12-15-4-9-19(20(13-15)31-3)33-11-10-32-17-7-5-16(25)6-8-17/h4-9,12-14,26H,10-11H2,1-3H3. The van der Waals surface area contributed by atoms with Crippen molar-refractivity contribution in [3.63, 3.8) is 0 Å². The Kier molecular flexibility index (Phi) is 7.38. The largest absolute Gasteiger partial charge is 0.493 e. The fourth-order valence-electron chi connectivity index (χ4n) is 3.14. The van der Waals surface area contributed by atoms with Gasteiger partial charge in [0.2, 0.25) is 5.17 Å². The lowest BCUT2D eigenvalue weighted by Gasteiger charge is -2.20. The third-order valence-corrected chi connectivity index (χ3v) is 6.62. The number of carbonyl (C=O) groups is 1. The Balaban J connectivity index is 1.44. The molecule has 0 aliphatic carbocycles. The highest BCUT2D eigenvalue weighted by molar-refractivity contribution is 9.10. The molecule has 4 rings (SSSR count). The highest BCUT2D eigenvalue weighted by Gasteiger charge is 2.36. The molecular formula is C24H23BrN4O4S. The summed E-state index contributed by atoms with van der Waals surface area (Å²) in [5, 5.41) is 15.6. The number of methoxy groups -OCH3 is 1. The summed E-state index contributed by atoms with van der Waals surface area (Å²) in [5.41, 5.74) is 0.846. The van der Waals surface area contributed by atoms with Gasteiger partial charge in [-0.25, -0.2) is 0 Å². The number of thioether (sulfide) groups is 1. The SMILES string of the molecule is COc1cc(C=C2C(=N)N3N=C(C(C)C)SC3=NC2=O)ccc1OCCOc1ccc(Br)cc1. The fraction of sp³-hybridized carbons (Fsp3) is 0.250. The van der Waals surface area contributed by atoms with Crippen LogP contribution >= 0.6 is 27.7 Å². The van der Waals surface area contributed by atoms with E-state index in [4.69, 9.17) is 19.6 Å². The van der Waals surface area contributed by atoms with E-state index in [9.17, 15) is 4.79 Å². The number of carbonyl (C=O) groups excluding carboxylic acids is 1. The van der Waals surface area contributed by atoms with Crippen LogP contribution in [0.3, 0.4) is 0 Å². The van der Waals surface area contributed by atoms with Crippen LogP contribution in [0.5, 0.6) is 17.2 Å². The van der Waals surface area contributed by atoms with Crippen molar-refractivity contribution in [3.8, 4) is 17.2 Å². The third-order valence-electron chi connectivity index (χ3n) is 4.89. The number of fused-ring (bicyclic) bond motifs is 1.